The molecule has 1 heterocycles. The molecule has 2 aromatic carbocycles. The molecule has 0 radical (unpaired) electrons. The molecule has 1 aliphatic rings. The number of rotatable bonds is 6. The molecule has 9 heteroatoms. The number of hydrogen-bond acceptors (Lipinski definition) is 4. The van der Waals surface area contributed by atoms with Crippen molar-refractivity contribution in [2.24, 2.45) is 0 Å². The summed E-state index contributed by atoms with van der Waals surface area (Å²) in [7, 11) is 1.74. The number of carbonyl (C=O) groups is 2. The third kappa shape index (κ3) is 5.01. The maximum absolute atomic E-state index is 13.9. The SMILES string of the molecule is Bc1ccc(CNC(=O)[C@H](O)[C@@H](O)C(=O)N2CCCC2c2cccc(Cl)c2)c(F)c1. The Hall–Kier alpha value is -2.42. The third-order valence-electron chi connectivity index (χ3n) is 5.25. The van der Waals surface area contributed by atoms with Crippen LogP contribution in [-0.2, 0) is 16.1 Å². The summed E-state index contributed by atoms with van der Waals surface area (Å²) in [6.07, 6.45) is -2.47. The van der Waals surface area contributed by atoms with E-state index in [1.54, 1.807) is 32.1 Å². The number of nitrogens with one attached hydrogen (secondary N) is 1. The van der Waals surface area contributed by atoms with E-state index in [0.29, 0.717) is 18.0 Å². The highest BCUT2D eigenvalue weighted by molar-refractivity contribution is 6.32. The minimum atomic E-state index is -1.97. The quantitative estimate of drug-likeness (QED) is 0.578. The van der Waals surface area contributed by atoms with Crippen LogP contribution in [0.1, 0.15) is 30.0 Å². The Bertz CT molecular complexity index is 945. The van der Waals surface area contributed by atoms with E-state index >= 15 is 0 Å². The molecule has 0 bridgehead atoms. The molecule has 1 aliphatic heterocycles. The maximum Gasteiger partial charge on any atom is 0.255 e. The summed E-state index contributed by atoms with van der Waals surface area (Å²) in [5.41, 5.74) is 1.81. The molecule has 0 aliphatic carbocycles. The van der Waals surface area contributed by atoms with Gasteiger partial charge in [-0.25, -0.2) is 4.39 Å². The van der Waals surface area contributed by atoms with Crippen LogP contribution >= 0.6 is 11.6 Å². The molecule has 3 atom stereocenters. The highest BCUT2D eigenvalue weighted by Crippen LogP contribution is 2.33. The van der Waals surface area contributed by atoms with Crippen molar-refractivity contribution in [3.05, 3.63) is 64.4 Å². The third-order valence-corrected chi connectivity index (χ3v) is 5.49. The molecule has 3 N–H and O–H groups in total. The van der Waals surface area contributed by atoms with Crippen molar-refractivity contribution in [3.8, 4) is 0 Å². The number of halogens is 2. The molecule has 0 spiro atoms. The van der Waals surface area contributed by atoms with Crippen molar-refractivity contribution >= 4 is 36.7 Å². The van der Waals surface area contributed by atoms with Gasteiger partial charge in [-0.05, 0) is 36.6 Å². The number of hydrogen-bond donors (Lipinski definition) is 3. The molecule has 1 unspecified atom stereocenters. The van der Waals surface area contributed by atoms with E-state index in [1.807, 2.05) is 6.07 Å². The predicted molar refractivity (Wildman–Crippen MR) is 114 cm³/mol. The smallest absolute Gasteiger partial charge is 0.255 e. The van der Waals surface area contributed by atoms with Crippen LogP contribution in [0.4, 0.5) is 4.39 Å². The van der Waals surface area contributed by atoms with E-state index in [9.17, 15) is 24.2 Å². The lowest BCUT2D eigenvalue weighted by atomic mass is 9.95. The second-order valence-electron chi connectivity index (χ2n) is 7.45. The van der Waals surface area contributed by atoms with Crippen molar-refractivity contribution in [1.29, 1.82) is 0 Å². The van der Waals surface area contributed by atoms with Crippen LogP contribution in [0, 0.1) is 5.82 Å². The largest absolute Gasteiger partial charge is 0.380 e. The Balaban J connectivity index is 1.63. The van der Waals surface area contributed by atoms with Crippen LogP contribution < -0.4 is 10.8 Å². The molecule has 1 fully saturated rings. The molecule has 0 saturated carbocycles. The van der Waals surface area contributed by atoms with E-state index in [2.05, 4.69) is 5.32 Å². The topological polar surface area (TPSA) is 89.9 Å². The van der Waals surface area contributed by atoms with E-state index in [-0.39, 0.29) is 18.2 Å². The summed E-state index contributed by atoms with van der Waals surface area (Å²) in [4.78, 5) is 26.4. The molecule has 2 aromatic rings. The number of carbonyl (C=O) groups excluding carboxylic acids is 2. The first-order valence-electron chi connectivity index (χ1n) is 9.72. The van der Waals surface area contributed by atoms with Gasteiger partial charge in [-0.3, -0.25) is 9.59 Å². The number of aliphatic hydroxyl groups is 2. The summed E-state index contributed by atoms with van der Waals surface area (Å²) in [5, 5.41) is 23.4. The minimum absolute atomic E-state index is 0.169. The van der Waals surface area contributed by atoms with Crippen molar-refractivity contribution in [2.75, 3.05) is 6.54 Å². The molecular weight excluding hydrogens is 410 g/mol. The Labute approximate surface area is 180 Å². The van der Waals surface area contributed by atoms with Crippen LogP contribution in [0.2, 0.25) is 5.02 Å². The first-order chi connectivity index (χ1) is 14.3. The van der Waals surface area contributed by atoms with Gasteiger partial charge in [0.2, 0.25) is 0 Å². The maximum atomic E-state index is 13.9. The number of amides is 2. The highest BCUT2D eigenvalue weighted by Gasteiger charge is 2.38. The summed E-state index contributed by atoms with van der Waals surface area (Å²) in [5.74, 6) is -2.17. The minimum Gasteiger partial charge on any atom is -0.380 e. The summed E-state index contributed by atoms with van der Waals surface area (Å²) in [6, 6.07) is 11.4. The Morgan fingerprint density at radius 2 is 2.00 bits per heavy atom. The van der Waals surface area contributed by atoms with Gasteiger partial charge < -0.3 is 20.4 Å². The molecule has 3 rings (SSSR count). The van der Waals surface area contributed by atoms with E-state index < -0.39 is 29.8 Å². The lowest BCUT2D eigenvalue weighted by Gasteiger charge is -2.28. The first-order valence-corrected chi connectivity index (χ1v) is 10.1. The highest BCUT2D eigenvalue weighted by atomic mass is 35.5. The van der Waals surface area contributed by atoms with Gasteiger partial charge in [0.05, 0.1) is 6.04 Å². The molecule has 1 saturated heterocycles. The summed E-state index contributed by atoms with van der Waals surface area (Å²) < 4.78 is 13.9. The molecular formula is C21H23BClFN2O4. The second-order valence-corrected chi connectivity index (χ2v) is 7.88. The predicted octanol–water partition coefficient (Wildman–Crippen LogP) is 0.439. The average molecular weight is 433 g/mol. The van der Waals surface area contributed by atoms with Crippen molar-refractivity contribution in [2.45, 2.75) is 37.6 Å². The normalized spacial score (nSPS) is 18.1. The summed E-state index contributed by atoms with van der Waals surface area (Å²) >= 11 is 6.04. The monoisotopic (exact) mass is 432 g/mol. The number of nitrogens with zero attached hydrogens (tertiary/aromatic N) is 1. The van der Waals surface area contributed by atoms with Gasteiger partial charge in [-0.1, -0.05) is 41.3 Å². The lowest BCUT2D eigenvalue weighted by molar-refractivity contribution is -0.153. The fourth-order valence-electron chi connectivity index (χ4n) is 3.62. The zero-order valence-electron chi connectivity index (χ0n) is 16.5. The Kier molecular flexibility index (Phi) is 7.12. The number of aliphatic hydroxyl groups excluding tert-OH is 2. The fourth-order valence-corrected chi connectivity index (χ4v) is 3.82. The van der Waals surface area contributed by atoms with Crippen LogP contribution in [0.3, 0.4) is 0 Å². The molecule has 30 heavy (non-hydrogen) atoms. The van der Waals surface area contributed by atoms with Gasteiger partial charge in [0, 0.05) is 23.7 Å². The molecule has 0 aromatic heterocycles. The van der Waals surface area contributed by atoms with Crippen molar-refractivity contribution in [1.82, 2.24) is 10.2 Å². The van der Waals surface area contributed by atoms with Crippen molar-refractivity contribution in [3.63, 3.8) is 0 Å². The Morgan fingerprint density at radius 3 is 2.70 bits per heavy atom. The zero-order chi connectivity index (χ0) is 21.8. The fraction of sp³-hybridized carbons (Fsp3) is 0.333. The van der Waals surface area contributed by atoms with Crippen molar-refractivity contribution < 1.29 is 24.2 Å². The molecule has 2 amide bonds. The van der Waals surface area contributed by atoms with E-state index in [4.69, 9.17) is 11.6 Å². The van der Waals surface area contributed by atoms with Gasteiger partial charge in [-0.15, -0.1) is 0 Å². The van der Waals surface area contributed by atoms with Crippen LogP contribution in [0.5, 0.6) is 0 Å². The number of benzene rings is 2. The number of likely N-dealkylation sites (tertiary alicyclic amines) is 1. The zero-order valence-corrected chi connectivity index (χ0v) is 17.3. The van der Waals surface area contributed by atoms with E-state index in [1.165, 1.54) is 17.0 Å². The van der Waals surface area contributed by atoms with Gasteiger partial charge in [0.25, 0.3) is 11.8 Å². The van der Waals surface area contributed by atoms with Crippen LogP contribution in [0.15, 0.2) is 42.5 Å². The molecule has 6 nitrogen and oxygen atoms in total. The summed E-state index contributed by atoms with van der Waals surface area (Å²) in [6.45, 7) is 0.230. The van der Waals surface area contributed by atoms with Gasteiger partial charge in [0.1, 0.15) is 13.7 Å². The lowest BCUT2D eigenvalue weighted by Crippen LogP contribution is -2.50. The van der Waals surface area contributed by atoms with Gasteiger partial charge >= 0.3 is 0 Å². The van der Waals surface area contributed by atoms with Gasteiger partial charge in [0.15, 0.2) is 12.2 Å². The first kappa shape index (κ1) is 22.3. The van der Waals surface area contributed by atoms with E-state index in [0.717, 1.165) is 17.4 Å². The standard InChI is InChI=1S/C21H23BClFN2O4/c22-14-7-6-13(16(24)10-14)11-25-20(29)18(27)19(28)21(30)26-8-2-5-17(26)12-3-1-4-15(23)9-12/h1,3-4,6-7,9-10,17-19,27-28H,2,5,8,11,22H2,(H,25,29)/t17?,18-,19-/m1/s1. The Morgan fingerprint density at radius 1 is 1.23 bits per heavy atom. The van der Waals surface area contributed by atoms with Gasteiger partial charge in [-0.2, -0.15) is 0 Å². The second kappa shape index (κ2) is 9.60. The molecule has 158 valence electrons. The van der Waals surface area contributed by atoms with Crippen LogP contribution in [0.25, 0.3) is 0 Å². The van der Waals surface area contributed by atoms with Crippen LogP contribution in [-0.4, -0.2) is 53.5 Å². The average Bonchev–Trinajstić information content (AvgIpc) is 3.21.